The van der Waals surface area contributed by atoms with Crippen molar-refractivity contribution in [2.45, 2.75) is 13.0 Å². The summed E-state index contributed by atoms with van der Waals surface area (Å²) >= 11 is 0. The van der Waals surface area contributed by atoms with Crippen molar-refractivity contribution in [3.8, 4) is 5.75 Å². The molecule has 0 bridgehead atoms. The Balaban J connectivity index is 0.896. The minimum Gasteiger partial charge on any atom is -0.491 e. The van der Waals surface area contributed by atoms with E-state index in [1.807, 2.05) is 30.3 Å². The molecule has 0 unspecified atom stereocenters. The molecule has 2 heterocycles. The molecule has 0 N–H and O–H groups in total. The fourth-order valence-corrected chi connectivity index (χ4v) is 4.99. The average Bonchev–Trinajstić information content (AvgIpc) is 3.26. The largest absolute Gasteiger partial charge is 0.491 e. The predicted octanol–water partition coefficient (Wildman–Crippen LogP) is 3.79. The average molecular weight is 559 g/mol. The number of fused-ring (bicyclic) bond motifs is 2. The second-order valence-electron chi connectivity index (χ2n) is 9.81. The van der Waals surface area contributed by atoms with Crippen LogP contribution in [0.5, 0.6) is 5.75 Å². The summed E-state index contributed by atoms with van der Waals surface area (Å²) in [7, 11) is 0. The van der Waals surface area contributed by atoms with Gasteiger partial charge in [0.25, 0.3) is 11.8 Å². The molecule has 41 heavy (non-hydrogen) atoms. The smallest absolute Gasteiger partial charge is 0.261 e. The van der Waals surface area contributed by atoms with Crippen molar-refractivity contribution < 1.29 is 33.3 Å². The van der Waals surface area contributed by atoms with E-state index >= 15 is 0 Å². The zero-order valence-electron chi connectivity index (χ0n) is 23.0. The Hall–Kier alpha value is -4.05. The van der Waals surface area contributed by atoms with Crippen molar-refractivity contribution in [2.24, 2.45) is 0 Å². The number of amides is 2. The number of ether oxygens (including phenoxy) is 4. The van der Waals surface area contributed by atoms with E-state index < -0.39 is 0 Å². The molecule has 2 aliphatic rings. The normalized spacial score (nSPS) is 14.2. The number of imide groups is 1. The summed E-state index contributed by atoms with van der Waals surface area (Å²) in [4.78, 5) is 39.3. The van der Waals surface area contributed by atoms with Crippen LogP contribution in [0.15, 0.2) is 66.7 Å². The summed E-state index contributed by atoms with van der Waals surface area (Å²) in [5.74, 6) is 0.284. The van der Waals surface area contributed by atoms with Gasteiger partial charge in [-0.1, -0.05) is 30.3 Å². The van der Waals surface area contributed by atoms with E-state index in [2.05, 4.69) is 17.0 Å². The third-order valence-corrected chi connectivity index (χ3v) is 7.14. The van der Waals surface area contributed by atoms with Crippen LogP contribution in [-0.2, 0) is 27.2 Å². The van der Waals surface area contributed by atoms with Gasteiger partial charge in [-0.3, -0.25) is 19.3 Å². The minimum absolute atomic E-state index is 0.217. The van der Waals surface area contributed by atoms with Gasteiger partial charge in [0.05, 0.1) is 57.3 Å². The fourth-order valence-electron chi connectivity index (χ4n) is 4.99. The van der Waals surface area contributed by atoms with Crippen LogP contribution in [0.3, 0.4) is 0 Å². The summed E-state index contributed by atoms with van der Waals surface area (Å²) in [6, 6.07) is 20.7. The number of aldehydes is 1. The third kappa shape index (κ3) is 7.18. The molecule has 0 saturated heterocycles. The summed E-state index contributed by atoms with van der Waals surface area (Å²) in [6.45, 7) is 4.73. The molecule has 9 heteroatoms. The van der Waals surface area contributed by atoms with Crippen LogP contribution < -0.4 is 9.64 Å². The lowest BCUT2D eigenvalue weighted by atomic mass is 9.99. The molecule has 0 atom stereocenters. The van der Waals surface area contributed by atoms with E-state index in [0.29, 0.717) is 56.3 Å². The maximum absolute atomic E-state index is 12.3. The first kappa shape index (κ1) is 28.5. The van der Waals surface area contributed by atoms with Crippen molar-refractivity contribution in [1.82, 2.24) is 4.90 Å². The highest BCUT2D eigenvalue weighted by atomic mass is 16.6. The summed E-state index contributed by atoms with van der Waals surface area (Å²) < 4.78 is 22.5. The molecule has 214 valence electrons. The van der Waals surface area contributed by atoms with E-state index in [1.165, 1.54) is 16.0 Å². The first-order valence-electron chi connectivity index (χ1n) is 13.9. The Morgan fingerprint density at radius 1 is 0.707 bits per heavy atom. The van der Waals surface area contributed by atoms with Crippen LogP contribution in [0, 0.1) is 0 Å². The Bertz CT molecular complexity index is 1340. The highest BCUT2D eigenvalue weighted by molar-refractivity contribution is 6.21. The van der Waals surface area contributed by atoms with Gasteiger partial charge in [0.15, 0.2) is 0 Å². The van der Waals surface area contributed by atoms with Crippen LogP contribution in [0.4, 0.5) is 5.69 Å². The minimum atomic E-state index is -0.274. The molecular weight excluding hydrogens is 524 g/mol. The Morgan fingerprint density at radius 2 is 1.39 bits per heavy atom. The number of nitrogens with zero attached hydrogens (tertiary/aromatic N) is 2. The molecule has 9 nitrogen and oxygen atoms in total. The zero-order chi connectivity index (χ0) is 28.4. The number of carbonyl (C=O) groups excluding carboxylic acids is 3. The Labute approximate surface area is 239 Å². The van der Waals surface area contributed by atoms with Crippen LogP contribution >= 0.6 is 0 Å². The van der Waals surface area contributed by atoms with Crippen LogP contribution in [0.1, 0.15) is 42.2 Å². The summed E-state index contributed by atoms with van der Waals surface area (Å²) in [5.41, 5.74) is 5.19. The van der Waals surface area contributed by atoms with Crippen molar-refractivity contribution in [3.05, 3.63) is 94.5 Å². The van der Waals surface area contributed by atoms with Crippen molar-refractivity contribution in [1.29, 1.82) is 0 Å². The molecule has 0 aromatic heterocycles. The quantitative estimate of drug-likeness (QED) is 0.158. The Morgan fingerprint density at radius 3 is 2.10 bits per heavy atom. The second kappa shape index (κ2) is 14.0. The van der Waals surface area contributed by atoms with Gasteiger partial charge in [-0.25, -0.2) is 0 Å². The third-order valence-electron chi connectivity index (χ3n) is 7.14. The number of benzene rings is 3. The first-order chi connectivity index (χ1) is 20.1. The standard InChI is InChI=1S/C32H34N2O7/c35-23-24-4-3-5-27(20-24)33-11-10-25-21-28(9-8-26(25)22-33)41-19-18-40-17-16-39-15-14-38-13-12-34-31(36)29-6-1-2-7-30(29)32(34)37/h1-9,20-21,23H,10-19,22H2. The van der Waals surface area contributed by atoms with Gasteiger partial charge < -0.3 is 23.8 Å². The highest BCUT2D eigenvalue weighted by Crippen LogP contribution is 2.28. The van der Waals surface area contributed by atoms with Crippen LogP contribution in [-0.4, -0.2) is 82.3 Å². The number of hydrogen-bond acceptors (Lipinski definition) is 8. The molecule has 0 radical (unpaired) electrons. The highest BCUT2D eigenvalue weighted by Gasteiger charge is 2.34. The van der Waals surface area contributed by atoms with Crippen LogP contribution in [0.2, 0.25) is 0 Å². The van der Waals surface area contributed by atoms with E-state index in [0.717, 1.165) is 37.2 Å². The topological polar surface area (TPSA) is 94.6 Å². The van der Waals surface area contributed by atoms with E-state index in [1.54, 1.807) is 24.3 Å². The number of rotatable bonds is 15. The van der Waals surface area contributed by atoms with Gasteiger partial charge in [-0.2, -0.15) is 0 Å². The lowest BCUT2D eigenvalue weighted by molar-refractivity contribution is 0.00673. The number of anilines is 1. The van der Waals surface area contributed by atoms with Gasteiger partial charge in [0, 0.05) is 24.3 Å². The molecule has 0 saturated carbocycles. The number of carbonyl (C=O) groups is 3. The zero-order valence-corrected chi connectivity index (χ0v) is 23.0. The maximum Gasteiger partial charge on any atom is 0.261 e. The molecule has 3 aromatic rings. The number of hydrogen-bond donors (Lipinski definition) is 0. The van der Waals surface area contributed by atoms with E-state index in [-0.39, 0.29) is 25.0 Å². The maximum atomic E-state index is 12.3. The van der Waals surface area contributed by atoms with Crippen molar-refractivity contribution >= 4 is 23.8 Å². The van der Waals surface area contributed by atoms with E-state index in [4.69, 9.17) is 18.9 Å². The molecular formula is C32H34N2O7. The van der Waals surface area contributed by atoms with Gasteiger partial charge >= 0.3 is 0 Å². The molecule has 2 aliphatic heterocycles. The molecule has 3 aromatic carbocycles. The summed E-state index contributed by atoms with van der Waals surface area (Å²) in [5, 5.41) is 0. The van der Waals surface area contributed by atoms with Crippen molar-refractivity contribution in [2.75, 3.05) is 64.2 Å². The molecule has 5 rings (SSSR count). The fraction of sp³-hybridized carbons (Fsp3) is 0.344. The lowest BCUT2D eigenvalue weighted by Gasteiger charge is -2.31. The predicted molar refractivity (Wildman–Crippen MR) is 153 cm³/mol. The molecule has 0 spiro atoms. The van der Waals surface area contributed by atoms with Gasteiger partial charge in [-0.05, 0) is 53.9 Å². The van der Waals surface area contributed by atoms with Gasteiger partial charge in [0.2, 0.25) is 0 Å². The second-order valence-corrected chi connectivity index (χ2v) is 9.81. The molecule has 0 fully saturated rings. The first-order valence-corrected chi connectivity index (χ1v) is 13.9. The lowest BCUT2D eigenvalue weighted by Crippen LogP contribution is -2.33. The van der Waals surface area contributed by atoms with Crippen molar-refractivity contribution in [3.63, 3.8) is 0 Å². The SMILES string of the molecule is O=Cc1cccc(N2CCc3cc(OCCOCCOCCOCCN4C(=O)c5ccccc5C4=O)ccc3C2)c1. The molecule has 2 amide bonds. The molecule has 0 aliphatic carbocycles. The van der Waals surface area contributed by atoms with Gasteiger partial charge in [0.1, 0.15) is 18.6 Å². The van der Waals surface area contributed by atoms with Crippen LogP contribution in [0.25, 0.3) is 0 Å². The Kier molecular flexibility index (Phi) is 9.74. The van der Waals surface area contributed by atoms with Gasteiger partial charge in [-0.15, -0.1) is 0 Å². The summed E-state index contributed by atoms with van der Waals surface area (Å²) in [6.07, 6.45) is 1.80. The van der Waals surface area contributed by atoms with E-state index in [9.17, 15) is 14.4 Å². The monoisotopic (exact) mass is 558 g/mol.